The Morgan fingerprint density at radius 1 is 1.19 bits per heavy atom. The van der Waals surface area contributed by atoms with Gasteiger partial charge in [0.2, 0.25) is 5.95 Å². The standard InChI is InChI=1S/C11H9F2N3/c1-14-11-15-5-4-10(16-11)8-6-7(12)2-3-9(8)13/h2-6H,1H3,(H,14,15,16). The lowest BCUT2D eigenvalue weighted by Gasteiger charge is -2.04. The molecule has 0 aliphatic rings. The van der Waals surface area contributed by atoms with Crippen LogP contribution in [0.25, 0.3) is 11.3 Å². The van der Waals surface area contributed by atoms with Gasteiger partial charge >= 0.3 is 0 Å². The Morgan fingerprint density at radius 2 is 2.00 bits per heavy atom. The molecule has 1 aromatic heterocycles. The quantitative estimate of drug-likeness (QED) is 0.846. The third-order valence-electron chi connectivity index (χ3n) is 2.08. The number of rotatable bonds is 2. The Hall–Kier alpha value is -2.04. The number of aromatic nitrogens is 2. The van der Waals surface area contributed by atoms with Crippen LogP contribution in [-0.4, -0.2) is 17.0 Å². The van der Waals surface area contributed by atoms with Crippen LogP contribution in [0, 0.1) is 11.6 Å². The first-order chi connectivity index (χ1) is 7.70. The van der Waals surface area contributed by atoms with Crippen molar-refractivity contribution in [2.45, 2.75) is 0 Å². The van der Waals surface area contributed by atoms with Crippen molar-refractivity contribution in [3.63, 3.8) is 0 Å². The highest BCUT2D eigenvalue weighted by molar-refractivity contribution is 5.60. The van der Waals surface area contributed by atoms with Gasteiger partial charge < -0.3 is 5.32 Å². The van der Waals surface area contributed by atoms with Crippen molar-refractivity contribution < 1.29 is 8.78 Å². The molecule has 0 aliphatic carbocycles. The van der Waals surface area contributed by atoms with Crippen molar-refractivity contribution in [3.8, 4) is 11.3 Å². The highest BCUT2D eigenvalue weighted by Gasteiger charge is 2.08. The molecule has 0 fully saturated rings. The second-order valence-electron chi connectivity index (χ2n) is 3.14. The first kappa shape index (κ1) is 10.5. The van der Waals surface area contributed by atoms with Crippen molar-refractivity contribution >= 4 is 5.95 Å². The van der Waals surface area contributed by atoms with E-state index in [-0.39, 0.29) is 5.56 Å². The summed E-state index contributed by atoms with van der Waals surface area (Å²) in [6, 6.07) is 4.78. The van der Waals surface area contributed by atoms with E-state index >= 15 is 0 Å². The number of hydrogen-bond donors (Lipinski definition) is 1. The molecule has 2 rings (SSSR count). The third kappa shape index (κ3) is 1.98. The summed E-state index contributed by atoms with van der Waals surface area (Å²) >= 11 is 0. The fraction of sp³-hybridized carbons (Fsp3) is 0.0909. The van der Waals surface area contributed by atoms with Gasteiger partial charge in [0.25, 0.3) is 0 Å². The Morgan fingerprint density at radius 3 is 2.75 bits per heavy atom. The fourth-order valence-corrected chi connectivity index (χ4v) is 1.32. The highest BCUT2D eigenvalue weighted by atomic mass is 19.1. The molecule has 0 amide bonds. The van der Waals surface area contributed by atoms with Gasteiger partial charge in [-0.1, -0.05) is 0 Å². The van der Waals surface area contributed by atoms with E-state index in [1.165, 1.54) is 12.3 Å². The van der Waals surface area contributed by atoms with Crippen LogP contribution in [0.1, 0.15) is 0 Å². The van der Waals surface area contributed by atoms with Crippen molar-refractivity contribution in [2.24, 2.45) is 0 Å². The van der Waals surface area contributed by atoms with Gasteiger partial charge in [-0.2, -0.15) is 0 Å². The summed E-state index contributed by atoms with van der Waals surface area (Å²) < 4.78 is 26.4. The molecule has 0 saturated carbocycles. The fourth-order valence-electron chi connectivity index (χ4n) is 1.32. The predicted octanol–water partition coefficient (Wildman–Crippen LogP) is 2.46. The maximum atomic E-state index is 13.4. The number of nitrogens with zero attached hydrogens (tertiary/aromatic N) is 2. The first-order valence-electron chi connectivity index (χ1n) is 4.67. The van der Waals surface area contributed by atoms with E-state index in [0.29, 0.717) is 11.6 Å². The summed E-state index contributed by atoms with van der Waals surface area (Å²) in [7, 11) is 1.65. The molecule has 0 saturated heterocycles. The molecule has 3 nitrogen and oxygen atoms in total. The summed E-state index contributed by atoms with van der Waals surface area (Å²) in [5, 5.41) is 2.73. The Bertz CT molecular complexity index is 514. The van der Waals surface area contributed by atoms with Gasteiger partial charge in [0.15, 0.2) is 0 Å². The van der Waals surface area contributed by atoms with E-state index in [1.54, 1.807) is 7.05 Å². The van der Waals surface area contributed by atoms with Crippen molar-refractivity contribution in [1.29, 1.82) is 0 Å². The SMILES string of the molecule is CNc1nccc(-c2cc(F)ccc2F)n1. The second-order valence-corrected chi connectivity index (χ2v) is 3.14. The second kappa shape index (κ2) is 4.22. The summed E-state index contributed by atoms with van der Waals surface area (Å²) in [5.74, 6) is -0.649. The van der Waals surface area contributed by atoms with Gasteiger partial charge in [-0.25, -0.2) is 18.7 Å². The van der Waals surface area contributed by atoms with Crippen molar-refractivity contribution in [1.82, 2.24) is 9.97 Å². The molecule has 82 valence electrons. The van der Waals surface area contributed by atoms with Gasteiger partial charge in [0.1, 0.15) is 11.6 Å². The Labute approximate surface area is 91.2 Å². The first-order valence-corrected chi connectivity index (χ1v) is 4.67. The third-order valence-corrected chi connectivity index (χ3v) is 2.08. The maximum Gasteiger partial charge on any atom is 0.222 e. The summed E-state index contributed by atoms with van der Waals surface area (Å²) in [6.07, 6.45) is 1.48. The molecular formula is C11H9F2N3. The molecular weight excluding hydrogens is 212 g/mol. The zero-order valence-electron chi connectivity index (χ0n) is 8.54. The summed E-state index contributed by atoms with van der Waals surface area (Å²) in [6.45, 7) is 0. The number of benzene rings is 1. The van der Waals surface area contributed by atoms with Crippen LogP contribution in [0.5, 0.6) is 0 Å². The van der Waals surface area contributed by atoms with E-state index in [1.807, 2.05) is 0 Å². The van der Waals surface area contributed by atoms with Crippen LogP contribution in [0.4, 0.5) is 14.7 Å². The van der Waals surface area contributed by atoms with Crippen LogP contribution < -0.4 is 5.32 Å². The highest BCUT2D eigenvalue weighted by Crippen LogP contribution is 2.22. The summed E-state index contributed by atoms with van der Waals surface area (Å²) in [4.78, 5) is 7.93. The van der Waals surface area contributed by atoms with Crippen LogP contribution in [0.2, 0.25) is 0 Å². The van der Waals surface area contributed by atoms with Crippen LogP contribution in [0.3, 0.4) is 0 Å². The molecule has 2 aromatic rings. The zero-order valence-corrected chi connectivity index (χ0v) is 8.54. The lowest BCUT2D eigenvalue weighted by Crippen LogP contribution is -1.97. The number of halogens is 2. The molecule has 0 spiro atoms. The zero-order chi connectivity index (χ0) is 11.5. The van der Waals surface area contributed by atoms with Crippen LogP contribution in [-0.2, 0) is 0 Å². The monoisotopic (exact) mass is 221 g/mol. The summed E-state index contributed by atoms with van der Waals surface area (Å²) in [5.41, 5.74) is 0.468. The molecule has 0 aliphatic heterocycles. The minimum absolute atomic E-state index is 0.124. The largest absolute Gasteiger partial charge is 0.357 e. The van der Waals surface area contributed by atoms with Gasteiger partial charge in [-0.3, -0.25) is 0 Å². The average Bonchev–Trinajstić information content (AvgIpc) is 2.32. The molecule has 1 N–H and O–H groups in total. The van der Waals surface area contributed by atoms with Gasteiger partial charge in [-0.15, -0.1) is 0 Å². The van der Waals surface area contributed by atoms with Crippen molar-refractivity contribution in [3.05, 3.63) is 42.1 Å². The molecule has 1 aromatic carbocycles. The molecule has 16 heavy (non-hydrogen) atoms. The van der Waals surface area contributed by atoms with Gasteiger partial charge in [-0.05, 0) is 24.3 Å². The van der Waals surface area contributed by atoms with Gasteiger partial charge in [0, 0.05) is 18.8 Å². The number of hydrogen-bond acceptors (Lipinski definition) is 3. The molecule has 0 unspecified atom stereocenters. The molecule has 1 heterocycles. The lowest BCUT2D eigenvalue weighted by atomic mass is 10.1. The van der Waals surface area contributed by atoms with Gasteiger partial charge in [0.05, 0.1) is 5.69 Å². The lowest BCUT2D eigenvalue weighted by molar-refractivity contribution is 0.602. The molecule has 0 atom stereocenters. The molecule has 0 bridgehead atoms. The van der Waals surface area contributed by atoms with E-state index in [2.05, 4.69) is 15.3 Å². The minimum atomic E-state index is -0.512. The predicted molar refractivity (Wildman–Crippen MR) is 56.9 cm³/mol. The smallest absolute Gasteiger partial charge is 0.222 e. The Kier molecular flexibility index (Phi) is 2.76. The van der Waals surface area contributed by atoms with Crippen LogP contribution in [0.15, 0.2) is 30.5 Å². The van der Waals surface area contributed by atoms with E-state index in [9.17, 15) is 8.78 Å². The van der Waals surface area contributed by atoms with E-state index < -0.39 is 11.6 Å². The van der Waals surface area contributed by atoms with Crippen LogP contribution >= 0.6 is 0 Å². The minimum Gasteiger partial charge on any atom is -0.357 e. The molecule has 5 heteroatoms. The Balaban J connectivity index is 2.53. The topological polar surface area (TPSA) is 37.8 Å². The van der Waals surface area contributed by atoms with E-state index in [4.69, 9.17) is 0 Å². The number of anilines is 1. The average molecular weight is 221 g/mol. The maximum absolute atomic E-state index is 13.4. The number of nitrogens with one attached hydrogen (secondary N) is 1. The van der Waals surface area contributed by atoms with Crippen molar-refractivity contribution in [2.75, 3.05) is 12.4 Å². The normalized spacial score (nSPS) is 10.2. The van der Waals surface area contributed by atoms with E-state index in [0.717, 1.165) is 18.2 Å². The molecule has 0 radical (unpaired) electrons.